The minimum atomic E-state index is 0. The highest BCUT2D eigenvalue weighted by Crippen LogP contribution is 2.18. The van der Waals surface area contributed by atoms with Crippen LogP contribution in [0.3, 0.4) is 0 Å². The Morgan fingerprint density at radius 3 is 2.91 bits per heavy atom. The average molecular weight is 362 g/mol. The maximum absolute atomic E-state index is 12.5. The van der Waals surface area contributed by atoms with Gasteiger partial charge in [0.05, 0.1) is 12.9 Å². The van der Waals surface area contributed by atoms with Crippen molar-refractivity contribution in [3.05, 3.63) is 12.7 Å². The van der Waals surface area contributed by atoms with Gasteiger partial charge in [-0.05, 0) is 6.92 Å². The summed E-state index contributed by atoms with van der Waals surface area (Å²) in [5.41, 5.74) is 1.36. The largest absolute Gasteiger partial charge is 0.348 e. The number of halogens is 2. The number of piperazine rings is 1. The number of nitrogens with one attached hydrogen (secondary N) is 2. The lowest BCUT2D eigenvalue weighted by Gasteiger charge is -2.35. The summed E-state index contributed by atoms with van der Waals surface area (Å²) >= 11 is 0. The zero-order valence-corrected chi connectivity index (χ0v) is 14.7. The van der Waals surface area contributed by atoms with Crippen molar-refractivity contribution in [1.82, 2.24) is 30.2 Å². The number of imidazole rings is 1. The number of aromatic amines is 1. The minimum Gasteiger partial charge on any atom is -0.348 e. The molecule has 0 spiro atoms. The molecule has 0 aromatic carbocycles. The molecule has 0 aliphatic carbocycles. The van der Waals surface area contributed by atoms with E-state index in [0.717, 1.165) is 25.2 Å². The summed E-state index contributed by atoms with van der Waals surface area (Å²) in [5, 5.41) is 3.28. The molecule has 2 aromatic heterocycles. The third-order valence-corrected chi connectivity index (χ3v) is 3.76. The maximum atomic E-state index is 12.5. The van der Waals surface area contributed by atoms with Crippen molar-refractivity contribution < 1.29 is 4.79 Å². The molecular formula is C13H21Cl2N7O. The zero-order chi connectivity index (χ0) is 14.8. The third-order valence-electron chi connectivity index (χ3n) is 3.76. The minimum absolute atomic E-state index is 0. The van der Waals surface area contributed by atoms with E-state index in [-0.39, 0.29) is 43.3 Å². The number of H-pyrrole nitrogens is 1. The smallest absolute Gasteiger partial charge is 0.242 e. The number of carbonyl (C=O) groups excluding carboxylic acids is 1. The van der Waals surface area contributed by atoms with Crippen LogP contribution in [0.4, 0.5) is 5.82 Å². The van der Waals surface area contributed by atoms with Crippen LogP contribution in [0.1, 0.15) is 6.92 Å². The Bertz CT molecular complexity index is 650. The van der Waals surface area contributed by atoms with Gasteiger partial charge in [0.15, 0.2) is 11.5 Å². The molecule has 0 saturated carbocycles. The number of hydrogen-bond donors (Lipinski definition) is 2. The Morgan fingerprint density at radius 1 is 1.39 bits per heavy atom. The van der Waals surface area contributed by atoms with Gasteiger partial charge in [0.25, 0.3) is 0 Å². The number of carbonyl (C=O) groups is 1. The highest BCUT2D eigenvalue weighted by atomic mass is 35.5. The van der Waals surface area contributed by atoms with Crippen LogP contribution in [-0.4, -0.2) is 70.0 Å². The van der Waals surface area contributed by atoms with Crippen molar-refractivity contribution in [1.29, 1.82) is 0 Å². The molecule has 128 valence electrons. The highest BCUT2D eigenvalue weighted by Gasteiger charge is 2.24. The predicted molar refractivity (Wildman–Crippen MR) is 93.5 cm³/mol. The van der Waals surface area contributed by atoms with Crippen LogP contribution in [0, 0.1) is 0 Å². The van der Waals surface area contributed by atoms with Gasteiger partial charge in [0.2, 0.25) is 5.91 Å². The van der Waals surface area contributed by atoms with Crippen LogP contribution >= 0.6 is 24.8 Å². The topological polar surface area (TPSA) is 90.0 Å². The van der Waals surface area contributed by atoms with Gasteiger partial charge in [0, 0.05) is 32.7 Å². The van der Waals surface area contributed by atoms with Gasteiger partial charge in [-0.15, -0.1) is 24.8 Å². The lowest BCUT2D eigenvalue weighted by molar-refractivity contribution is -0.132. The summed E-state index contributed by atoms with van der Waals surface area (Å²) in [6, 6.07) is 0.220. The summed E-state index contributed by atoms with van der Waals surface area (Å²) in [7, 11) is 1.85. The summed E-state index contributed by atoms with van der Waals surface area (Å²) < 4.78 is 0. The lowest BCUT2D eigenvalue weighted by Crippen LogP contribution is -2.54. The number of nitrogens with zero attached hydrogens (tertiary/aromatic N) is 5. The fraction of sp³-hybridized carbons (Fsp3) is 0.538. The quantitative estimate of drug-likeness (QED) is 0.824. The first-order valence-corrected chi connectivity index (χ1v) is 7.02. The van der Waals surface area contributed by atoms with Gasteiger partial charge in [-0.3, -0.25) is 4.79 Å². The van der Waals surface area contributed by atoms with Crippen LogP contribution in [0.5, 0.6) is 0 Å². The molecule has 3 rings (SSSR count). The summed E-state index contributed by atoms with van der Waals surface area (Å²) in [6.45, 7) is 4.78. The molecule has 0 radical (unpaired) electrons. The molecule has 2 N–H and O–H groups in total. The molecule has 2 aromatic rings. The van der Waals surface area contributed by atoms with Gasteiger partial charge >= 0.3 is 0 Å². The Labute approximate surface area is 146 Å². The fourth-order valence-corrected chi connectivity index (χ4v) is 2.62. The molecule has 0 bridgehead atoms. The average Bonchev–Trinajstić information content (AvgIpc) is 2.95. The number of anilines is 1. The van der Waals surface area contributed by atoms with Crippen LogP contribution < -0.4 is 10.2 Å². The van der Waals surface area contributed by atoms with Crippen molar-refractivity contribution in [2.45, 2.75) is 13.0 Å². The Hall–Kier alpha value is -1.64. The number of aromatic nitrogens is 4. The van der Waals surface area contributed by atoms with E-state index < -0.39 is 0 Å². The fourth-order valence-electron chi connectivity index (χ4n) is 2.62. The van der Waals surface area contributed by atoms with Crippen LogP contribution in [0.2, 0.25) is 0 Å². The second-order valence-corrected chi connectivity index (χ2v) is 5.29. The molecule has 1 amide bonds. The number of hydrogen-bond acceptors (Lipinski definition) is 6. The van der Waals surface area contributed by atoms with E-state index in [1.165, 1.54) is 6.33 Å². The summed E-state index contributed by atoms with van der Waals surface area (Å²) in [6.07, 6.45) is 3.05. The van der Waals surface area contributed by atoms with E-state index in [9.17, 15) is 4.79 Å². The van der Waals surface area contributed by atoms with E-state index in [1.54, 1.807) is 6.33 Å². The Balaban J connectivity index is 0.00000132. The summed E-state index contributed by atoms with van der Waals surface area (Å²) in [5.74, 6) is 0.798. The normalized spacial score (nSPS) is 17.3. The molecule has 1 aliphatic heterocycles. The first-order chi connectivity index (χ1) is 10.2. The Kier molecular flexibility index (Phi) is 6.99. The third kappa shape index (κ3) is 4.01. The number of rotatable bonds is 3. The number of amides is 1. The SMILES string of the molecule is C[C@@H]1CNCCN1C(=O)CN(C)c1ncnc2nc[nH]c12.Cl.Cl. The first kappa shape index (κ1) is 19.4. The van der Waals surface area contributed by atoms with Crippen molar-refractivity contribution in [2.75, 3.05) is 38.1 Å². The standard InChI is InChI=1S/C13H19N7O.2ClH/c1-9-5-14-3-4-20(9)10(21)6-19(2)13-11-12(16-7-15-11)17-8-18-13;;/h7-9,14H,3-6H2,1-2H3,(H,15,16,17,18);2*1H/t9-;;/m1../s1. The monoisotopic (exact) mass is 361 g/mol. The summed E-state index contributed by atoms with van der Waals surface area (Å²) in [4.78, 5) is 31.7. The van der Waals surface area contributed by atoms with Crippen molar-refractivity contribution in [3.8, 4) is 0 Å². The zero-order valence-electron chi connectivity index (χ0n) is 13.0. The maximum Gasteiger partial charge on any atom is 0.242 e. The van der Waals surface area contributed by atoms with Gasteiger partial charge in [-0.1, -0.05) is 0 Å². The first-order valence-electron chi connectivity index (χ1n) is 7.02. The lowest BCUT2D eigenvalue weighted by atomic mass is 10.2. The van der Waals surface area contributed by atoms with E-state index in [4.69, 9.17) is 0 Å². The second kappa shape index (κ2) is 8.28. The molecule has 0 unspecified atom stereocenters. The van der Waals surface area contributed by atoms with Gasteiger partial charge in [-0.25, -0.2) is 15.0 Å². The van der Waals surface area contributed by atoms with E-state index in [1.807, 2.05) is 16.8 Å². The Morgan fingerprint density at radius 2 is 2.17 bits per heavy atom. The highest BCUT2D eigenvalue weighted by molar-refractivity contribution is 5.87. The molecular weight excluding hydrogens is 341 g/mol. The number of likely N-dealkylation sites (N-methyl/N-ethyl adjacent to an activating group) is 1. The molecule has 8 nitrogen and oxygen atoms in total. The molecule has 1 fully saturated rings. The van der Waals surface area contributed by atoms with Crippen molar-refractivity contribution >= 4 is 47.7 Å². The second-order valence-electron chi connectivity index (χ2n) is 5.29. The van der Waals surface area contributed by atoms with Crippen molar-refractivity contribution in [3.63, 3.8) is 0 Å². The van der Waals surface area contributed by atoms with E-state index in [0.29, 0.717) is 11.5 Å². The predicted octanol–water partition coefficient (Wildman–Crippen LogP) is 0.453. The van der Waals surface area contributed by atoms with Crippen LogP contribution in [0.15, 0.2) is 12.7 Å². The van der Waals surface area contributed by atoms with E-state index >= 15 is 0 Å². The molecule has 1 saturated heterocycles. The van der Waals surface area contributed by atoms with Gasteiger partial charge in [-0.2, -0.15) is 0 Å². The van der Waals surface area contributed by atoms with Crippen LogP contribution in [0.25, 0.3) is 11.2 Å². The molecule has 10 heteroatoms. The van der Waals surface area contributed by atoms with Crippen LogP contribution in [-0.2, 0) is 4.79 Å². The molecule has 23 heavy (non-hydrogen) atoms. The van der Waals surface area contributed by atoms with Crippen molar-refractivity contribution in [2.24, 2.45) is 0 Å². The molecule has 1 aliphatic rings. The van der Waals surface area contributed by atoms with Gasteiger partial charge < -0.3 is 20.1 Å². The number of fused-ring (bicyclic) bond motifs is 1. The molecule has 1 atom stereocenters. The van der Waals surface area contributed by atoms with E-state index in [2.05, 4.69) is 32.2 Å². The molecule has 3 heterocycles. The van der Waals surface area contributed by atoms with Gasteiger partial charge in [0.1, 0.15) is 11.8 Å².